The van der Waals surface area contributed by atoms with Crippen molar-refractivity contribution in [2.24, 2.45) is 0 Å². The summed E-state index contributed by atoms with van der Waals surface area (Å²) in [4.78, 5) is 25.5. The van der Waals surface area contributed by atoms with Gasteiger partial charge in [-0.15, -0.1) is 6.58 Å². The minimum atomic E-state index is -1.79. The average molecular weight is 638 g/mol. The highest BCUT2D eigenvalue weighted by molar-refractivity contribution is 7.85. The maximum absolute atomic E-state index is 13.5. The van der Waals surface area contributed by atoms with Gasteiger partial charge >= 0.3 is 5.97 Å². The van der Waals surface area contributed by atoms with Gasteiger partial charge in [0, 0.05) is 17.9 Å². The van der Waals surface area contributed by atoms with Crippen LogP contribution in [-0.4, -0.2) is 71.4 Å². The smallest absolute Gasteiger partial charge is 0.306 e. The first kappa shape index (κ1) is 34.0. The summed E-state index contributed by atoms with van der Waals surface area (Å²) < 4.78 is 42.7. The number of nitrogens with one attached hydrogen (secondary N) is 1. The molecule has 0 saturated carbocycles. The molecule has 0 bridgehead atoms. The summed E-state index contributed by atoms with van der Waals surface area (Å²) >= 11 is 0. The van der Waals surface area contributed by atoms with Crippen LogP contribution >= 0.6 is 0 Å². The normalized spacial score (nSPS) is 21.8. The first-order chi connectivity index (χ1) is 21.9. The fraction of sp³-hybridized carbons (Fsp3) is 0.353. The second-order valence-corrected chi connectivity index (χ2v) is 11.8. The van der Waals surface area contributed by atoms with E-state index in [0.29, 0.717) is 17.2 Å². The second-order valence-electron chi connectivity index (χ2n) is 10.3. The van der Waals surface area contributed by atoms with Gasteiger partial charge in [0.15, 0.2) is 5.44 Å². The van der Waals surface area contributed by atoms with Crippen molar-refractivity contribution >= 4 is 22.7 Å². The predicted molar refractivity (Wildman–Crippen MR) is 168 cm³/mol. The van der Waals surface area contributed by atoms with Crippen molar-refractivity contribution in [1.82, 2.24) is 5.32 Å². The Balaban J connectivity index is 1.45. The number of esters is 1. The Bertz CT molecular complexity index is 1390. The molecule has 1 aliphatic rings. The van der Waals surface area contributed by atoms with Crippen LogP contribution in [0.1, 0.15) is 24.0 Å². The number of carbonyl (C=O) groups is 2. The van der Waals surface area contributed by atoms with Crippen molar-refractivity contribution in [3.05, 3.63) is 109 Å². The standard InChI is InChI=1S/C34H39NO9S/c1-3-20-41-33-31(38)34(45(39)27-12-8-5-9-13-27)44-28(32(33)43-22-25-14-16-26(40-2)17-15-25)23-42-30(37)19-18-29(36)35-21-24-10-6-4-7-11-24/h3-17,28,31-34,38H,1,18-23H2,2H3,(H,35,36)/t28-,31-,32-,33-,34+,45?/m1/s1. The van der Waals surface area contributed by atoms with Crippen molar-refractivity contribution in [1.29, 1.82) is 0 Å². The quantitative estimate of drug-likeness (QED) is 0.179. The number of aliphatic hydroxyl groups excluding tert-OH is 1. The number of carbonyl (C=O) groups excluding carboxylic acids is 2. The molecule has 45 heavy (non-hydrogen) atoms. The molecule has 1 fully saturated rings. The van der Waals surface area contributed by atoms with Crippen LogP contribution in [0, 0.1) is 0 Å². The van der Waals surface area contributed by atoms with Gasteiger partial charge in [0.1, 0.15) is 36.8 Å². The lowest BCUT2D eigenvalue weighted by atomic mass is 9.99. The van der Waals surface area contributed by atoms with E-state index in [1.54, 1.807) is 49.6 Å². The van der Waals surface area contributed by atoms with E-state index in [9.17, 15) is 18.9 Å². The minimum Gasteiger partial charge on any atom is -0.497 e. The number of amides is 1. The molecule has 1 aliphatic heterocycles. The molecule has 4 rings (SSSR count). The van der Waals surface area contributed by atoms with E-state index in [-0.39, 0.29) is 38.6 Å². The number of aliphatic hydroxyl groups is 1. The summed E-state index contributed by atoms with van der Waals surface area (Å²) in [6, 6.07) is 25.3. The maximum Gasteiger partial charge on any atom is 0.306 e. The maximum atomic E-state index is 13.5. The molecule has 2 N–H and O–H groups in total. The molecule has 3 aromatic rings. The Morgan fingerprint density at radius 3 is 2.29 bits per heavy atom. The third kappa shape index (κ3) is 10.1. The van der Waals surface area contributed by atoms with Gasteiger partial charge in [-0.1, -0.05) is 66.7 Å². The topological polar surface area (TPSA) is 130 Å². The molecule has 1 amide bonds. The van der Waals surface area contributed by atoms with E-state index in [1.807, 2.05) is 42.5 Å². The highest BCUT2D eigenvalue weighted by Gasteiger charge is 2.49. The molecule has 0 aliphatic carbocycles. The zero-order valence-electron chi connectivity index (χ0n) is 25.1. The van der Waals surface area contributed by atoms with E-state index in [4.69, 9.17) is 23.7 Å². The lowest BCUT2D eigenvalue weighted by Gasteiger charge is -2.43. The zero-order chi connectivity index (χ0) is 32.0. The largest absolute Gasteiger partial charge is 0.497 e. The van der Waals surface area contributed by atoms with Gasteiger partial charge < -0.3 is 34.1 Å². The molecular formula is C34H39NO9S. The third-order valence-corrected chi connectivity index (χ3v) is 8.66. The Morgan fingerprint density at radius 2 is 1.62 bits per heavy atom. The van der Waals surface area contributed by atoms with Gasteiger partial charge in [-0.2, -0.15) is 0 Å². The Labute approximate surface area is 265 Å². The average Bonchev–Trinajstić information content (AvgIpc) is 3.08. The van der Waals surface area contributed by atoms with Crippen LogP contribution in [-0.2, 0) is 52.5 Å². The highest BCUT2D eigenvalue weighted by Crippen LogP contribution is 2.31. The Kier molecular flexibility index (Phi) is 13.3. The summed E-state index contributed by atoms with van der Waals surface area (Å²) in [5, 5.41) is 14.2. The third-order valence-electron chi connectivity index (χ3n) is 7.11. The van der Waals surface area contributed by atoms with Crippen molar-refractivity contribution in [3.63, 3.8) is 0 Å². The monoisotopic (exact) mass is 637 g/mol. The molecular weight excluding hydrogens is 598 g/mol. The lowest BCUT2D eigenvalue weighted by molar-refractivity contribution is -0.237. The van der Waals surface area contributed by atoms with Gasteiger partial charge in [0.25, 0.3) is 0 Å². The van der Waals surface area contributed by atoms with Crippen LogP contribution in [0.3, 0.4) is 0 Å². The SMILES string of the molecule is C=CCO[C@@H]1[C@@H](O)[C@H](S(=O)c2ccccc2)O[C@H](COC(=O)CCC(=O)NCc2ccccc2)[C@H]1OCc1ccc(OC)cc1. The van der Waals surface area contributed by atoms with Crippen LogP contribution in [0.15, 0.2) is 102 Å². The molecule has 6 atom stereocenters. The van der Waals surface area contributed by atoms with Gasteiger partial charge in [0.05, 0.1) is 37.5 Å². The summed E-state index contributed by atoms with van der Waals surface area (Å²) in [5.41, 5.74) is 0.567. The molecule has 0 aromatic heterocycles. The van der Waals surface area contributed by atoms with Crippen molar-refractivity contribution < 1.29 is 42.6 Å². The fourth-order valence-electron chi connectivity index (χ4n) is 4.73. The van der Waals surface area contributed by atoms with Crippen LogP contribution in [0.2, 0.25) is 0 Å². The molecule has 1 saturated heterocycles. The number of ether oxygens (including phenoxy) is 5. The molecule has 1 heterocycles. The lowest BCUT2D eigenvalue weighted by Crippen LogP contribution is -2.61. The number of rotatable bonds is 16. The van der Waals surface area contributed by atoms with E-state index in [2.05, 4.69) is 11.9 Å². The summed E-state index contributed by atoms with van der Waals surface area (Å²) in [6.45, 7) is 3.98. The molecule has 11 heteroatoms. The number of benzene rings is 3. The fourth-order valence-corrected chi connectivity index (χ4v) is 6.07. The molecule has 1 unspecified atom stereocenters. The molecule has 0 spiro atoms. The van der Waals surface area contributed by atoms with Crippen molar-refractivity contribution in [2.75, 3.05) is 20.3 Å². The predicted octanol–water partition coefficient (Wildman–Crippen LogP) is 3.69. The Morgan fingerprint density at radius 1 is 0.933 bits per heavy atom. The number of hydrogen-bond acceptors (Lipinski definition) is 9. The molecule has 10 nitrogen and oxygen atoms in total. The number of methoxy groups -OCH3 is 1. The second kappa shape index (κ2) is 17.6. The molecule has 0 radical (unpaired) electrons. The zero-order valence-corrected chi connectivity index (χ0v) is 25.9. The summed E-state index contributed by atoms with van der Waals surface area (Å²) in [6.07, 6.45) is -2.86. The van der Waals surface area contributed by atoms with Gasteiger partial charge in [-0.25, -0.2) is 0 Å². The minimum absolute atomic E-state index is 0.0565. The summed E-state index contributed by atoms with van der Waals surface area (Å²) in [7, 11) is -0.213. The first-order valence-corrected chi connectivity index (χ1v) is 15.8. The summed E-state index contributed by atoms with van der Waals surface area (Å²) in [5.74, 6) is -0.213. The van der Waals surface area contributed by atoms with Gasteiger partial charge in [0.2, 0.25) is 5.91 Å². The van der Waals surface area contributed by atoms with E-state index < -0.39 is 46.6 Å². The van der Waals surface area contributed by atoms with Crippen molar-refractivity contribution in [3.8, 4) is 5.75 Å². The van der Waals surface area contributed by atoms with Crippen LogP contribution < -0.4 is 10.1 Å². The highest BCUT2D eigenvalue weighted by atomic mass is 32.2. The van der Waals surface area contributed by atoms with Gasteiger partial charge in [-0.3, -0.25) is 13.8 Å². The van der Waals surface area contributed by atoms with E-state index in [0.717, 1.165) is 11.1 Å². The van der Waals surface area contributed by atoms with Crippen molar-refractivity contribution in [2.45, 2.75) is 60.7 Å². The van der Waals surface area contributed by atoms with Crippen LogP contribution in [0.4, 0.5) is 0 Å². The molecule has 240 valence electrons. The number of hydrogen-bond donors (Lipinski definition) is 2. The van der Waals surface area contributed by atoms with E-state index >= 15 is 0 Å². The first-order valence-electron chi connectivity index (χ1n) is 14.6. The molecule has 3 aromatic carbocycles. The van der Waals surface area contributed by atoms with Crippen LogP contribution in [0.5, 0.6) is 5.75 Å². The van der Waals surface area contributed by atoms with Gasteiger partial charge in [-0.05, 0) is 35.4 Å². The van der Waals surface area contributed by atoms with Crippen LogP contribution in [0.25, 0.3) is 0 Å². The Hall–Kier alpha value is -3.87. The van der Waals surface area contributed by atoms with E-state index in [1.165, 1.54) is 6.08 Å².